The third kappa shape index (κ3) is 4.59. The van der Waals surface area contributed by atoms with Gasteiger partial charge in [0, 0.05) is 19.1 Å². The van der Waals surface area contributed by atoms with Crippen LogP contribution in [0.15, 0.2) is 46.7 Å². The molecule has 1 aliphatic heterocycles. The van der Waals surface area contributed by atoms with Crippen molar-refractivity contribution in [3.63, 3.8) is 0 Å². The van der Waals surface area contributed by atoms with Gasteiger partial charge >= 0.3 is 0 Å². The van der Waals surface area contributed by atoms with Crippen LogP contribution < -0.4 is 5.32 Å². The summed E-state index contributed by atoms with van der Waals surface area (Å²) in [6.45, 7) is 7.14. The van der Waals surface area contributed by atoms with E-state index in [0.29, 0.717) is 35.7 Å². The highest BCUT2D eigenvalue weighted by atomic mass is 32.2. The van der Waals surface area contributed by atoms with Crippen LogP contribution in [-0.2, 0) is 15.4 Å². The Balaban J connectivity index is 1.62. The Morgan fingerprint density at radius 1 is 1.11 bits per heavy atom. The second kappa shape index (κ2) is 7.73. The summed E-state index contributed by atoms with van der Waals surface area (Å²) in [5.74, 6) is -0.0796. The van der Waals surface area contributed by atoms with Crippen molar-refractivity contribution < 1.29 is 13.2 Å². The molecule has 1 aromatic carbocycles. The molecule has 0 unspecified atom stereocenters. The Morgan fingerprint density at radius 3 is 2.26 bits per heavy atom. The molecule has 1 N–H and O–H groups in total. The fraction of sp³-hybridized carbons (Fsp3) is 0.450. The first-order valence-corrected chi connectivity index (χ1v) is 11.4. The summed E-state index contributed by atoms with van der Waals surface area (Å²) in [5.41, 5.74) is 1.10. The number of amides is 1. The number of hydrogen-bond acceptors (Lipinski definition) is 4. The highest BCUT2D eigenvalue weighted by Crippen LogP contribution is 2.26. The summed E-state index contributed by atoms with van der Waals surface area (Å²) < 4.78 is 27.3. The molecule has 1 amide bonds. The van der Waals surface area contributed by atoms with Gasteiger partial charge in [-0.25, -0.2) is 8.42 Å². The van der Waals surface area contributed by atoms with E-state index in [9.17, 15) is 13.2 Å². The maximum atomic E-state index is 12.9. The first-order valence-electron chi connectivity index (χ1n) is 9.13. The molecule has 0 atom stereocenters. The van der Waals surface area contributed by atoms with Gasteiger partial charge in [-0.3, -0.25) is 4.79 Å². The van der Waals surface area contributed by atoms with Crippen LogP contribution in [-0.4, -0.2) is 37.8 Å². The van der Waals surface area contributed by atoms with E-state index in [1.807, 2.05) is 23.6 Å². The van der Waals surface area contributed by atoms with E-state index in [-0.39, 0.29) is 17.4 Å². The Labute approximate surface area is 165 Å². The lowest BCUT2D eigenvalue weighted by Crippen LogP contribution is -2.46. The zero-order chi connectivity index (χ0) is 19.7. The van der Waals surface area contributed by atoms with Gasteiger partial charge in [0.1, 0.15) is 0 Å². The van der Waals surface area contributed by atoms with Crippen molar-refractivity contribution in [1.82, 2.24) is 9.62 Å². The maximum absolute atomic E-state index is 12.9. The molecule has 7 heteroatoms. The van der Waals surface area contributed by atoms with Crippen LogP contribution in [0.1, 0.15) is 48.8 Å². The van der Waals surface area contributed by atoms with Gasteiger partial charge in [0.2, 0.25) is 10.0 Å². The number of carbonyl (C=O) groups is 1. The van der Waals surface area contributed by atoms with Gasteiger partial charge in [-0.2, -0.15) is 4.31 Å². The second-order valence-corrected chi connectivity index (χ2v) is 10.8. The third-order valence-corrected chi connectivity index (χ3v) is 7.67. The minimum Gasteiger partial charge on any atom is -0.349 e. The van der Waals surface area contributed by atoms with E-state index in [0.717, 1.165) is 5.56 Å². The molecule has 2 aromatic rings. The molecular formula is C20H26N2O3S2. The molecule has 5 nitrogen and oxygen atoms in total. The molecular weight excluding hydrogens is 380 g/mol. The van der Waals surface area contributed by atoms with E-state index < -0.39 is 10.0 Å². The highest BCUT2D eigenvalue weighted by Gasteiger charge is 2.30. The lowest BCUT2D eigenvalue weighted by molar-refractivity contribution is 0.0928. The second-order valence-electron chi connectivity index (χ2n) is 7.90. The smallest absolute Gasteiger partial charge is 0.261 e. The molecule has 0 radical (unpaired) electrons. The molecule has 0 saturated carbocycles. The number of nitrogens with one attached hydrogen (secondary N) is 1. The maximum Gasteiger partial charge on any atom is 0.261 e. The van der Waals surface area contributed by atoms with E-state index in [2.05, 4.69) is 26.1 Å². The van der Waals surface area contributed by atoms with Gasteiger partial charge in [0.15, 0.2) is 0 Å². The van der Waals surface area contributed by atoms with Crippen LogP contribution in [0.25, 0.3) is 0 Å². The highest BCUT2D eigenvalue weighted by molar-refractivity contribution is 7.89. The monoisotopic (exact) mass is 406 g/mol. The van der Waals surface area contributed by atoms with Crippen molar-refractivity contribution in [2.75, 3.05) is 13.1 Å². The van der Waals surface area contributed by atoms with Crippen molar-refractivity contribution in [1.29, 1.82) is 0 Å². The predicted octanol–water partition coefficient (Wildman–Crippen LogP) is 3.63. The molecule has 1 fully saturated rings. The number of carbonyl (C=O) groups excluding carboxylic acids is 1. The summed E-state index contributed by atoms with van der Waals surface area (Å²) in [5, 5.41) is 4.88. The minimum atomic E-state index is -3.50. The largest absolute Gasteiger partial charge is 0.349 e. The number of rotatable bonds is 4. The Hall–Kier alpha value is -1.70. The van der Waals surface area contributed by atoms with E-state index in [1.54, 1.807) is 18.2 Å². The van der Waals surface area contributed by atoms with Crippen molar-refractivity contribution >= 4 is 27.3 Å². The van der Waals surface area contributed by atoms with Gasteiger partial charge in [0.05, 0.1) is 9.77 Å². The average Bonchev–Trinajstić information content (AvgIpc) is 3.16. The normalized spacial score (nSPS) is 17.0. The number of benzene rings is 1. The number of sulfonamides is 1. The Kier molecular flexibility index (Phi) is 5.74. The lowest BCUT2D eigenvalue weighted by Gasteiger charge is -2.31. The van der Waals surface area contributed by atoms with Crippen LogP contribution in [0.2, 0.25) is 0 Å². The van der Waals surface area contributed by atoms with Crippen molar-refractivity contribution in [2.24, 2.45) is 0 Å². The van der Waals surface area contributed by atoms with Gasteiger partial charge in [-0.1, -0.05) is 39.0 Å². The van der Waals surface area contributed by atoms with Crippen LogP contribution >= 0.6 is 11.3 Å². The molecule has 0 spiro atoms. The lowest BCUT2D eigenvalue weighted by atomic mass is 9.87. The van der Waals surface area contributed by atoms with Crippen LogP contribution in [0, 0.1) is 0 Å². The molecule has 0 bridgehead atoms. The van der Waals surface area contributed by atoms with E-state index >= 15 is 0 Å². The summed E-state index contributed by atoms with van der Waals surface area (Å²) in [7, 11) is -3.50. The molecule has 0 aliphatic carbocycles. The standard InChI is InChI=1S/C20H26N2O3S2/c1-20(2,3)15-6-8-17(9-7-15)27(24,25)22-12-10-16(11-13-22)21-19(23)18-5-4-14-26-18/h4-9,14,16H,10-13H2,1-3H3,(H,21,23). The average molecular weight is 407 g/mol. The van der Waals surface area contributed by atoms with Gasteiger partial charge < -0.3 is 5.32 Å². The van der Waals surface area contributed by atoms with Crippen molar-refractivity contribution in [3.8, 4) is 0 Å². The summed E-state index contributed by atoms with van der Waals surface area (Å²) in [6.07, 6.45) is 1.24. The van der Waals surface area contributed by atoms with E-state index in [4.69, 9.17) is 0 Å². The zero-order valence-corrected chi connectivity index (χ0v) is 17.6. The number of nitrogens with zero attached hydrogens (tertiary/aromatic N) is 1. The Bertz CT molecular complexity index is 874. The van der Waals surface area contributed by atoms with Crippen LogP contribution in [0.4, 0.5) is 0 Å². The van der Waals surface area contributed by atoms with Gasteiger partial charge in [0.25, 0.3) is 5.91 Å². The van der Waals surface area contributed by atoms with Crippen LogP contribution in [0.3, 0.4) is 0 Å². The van der Waals surface area contributed by atoms with E-state index in [1.165, 1.54) is 15.6 Å². The summed E-state index contributed by atoms with van der Waals surface area (Å²) in [4.78, 5) is 13.2. The number of piperidine rings is 1. The summed E-state index contributed by atoms with van der Waals surface area (Å²) >= 11 is 1.41. The molecule has 1 aliphatic rings. The van der Waals surface area contributed by atoms with Gasteiger partial charge in [-0.15, -0.1) is 11.3 Å². The predicted molar refractivity (Wildman–Crippen MR) is 109 cm³/mol. The first kappa shape index (κ1) is 20.0. The molecule has 3 rings (SSSR count). The number of hydrogen-bond donors (Lipinski definition) is 1. The third-order valence-electron chi connectivity index (χ3n) is 4.89. The molecule has 146 valence electrons. The SMILES string of the molecule is CC(C)(C)c1ccc(S(=O)(=O)N2CCC(NC(=O)c3cccs3)CC2)cc1. The number of thiophene rings is 1. The molecule has 1 saturated heterocycles. The Morgan fingerprint density at radius 2 is 1.74 bits per heavy atom. The van der Waals surface area contributed by atoms with Crippen molar-refractivity contribution in [3.05, 3.63) is 52.2 Å². The van der Waals surface area contributed by atoms with Crippen LogP contribution in [0.5, 0.6) is 0 Å². The fourth-order valence-corrected chi connectivity index (χ4v) is 5.28. The topological polar surface area (TPSA) is 66.5 Å². The molecule has 27 heavy (non-hydrogen) atoms. The molecule has 1 aromatic heterocycles. The zero-order valence-electron chi connectivity index (χ0n) is 15.9. The summed E-state index contributed by atoms with van der Waals surface area (Å²) in [6, 6.07) is 10.8. The fourth-order valence-electron chi connectivity index (χ4n) is 3.18. The minimum absolute atomic E-state index is 0.00863. The first-order chi connectivity index (χ1) is 12.7. The van der Waals surface area contributed by atoms with Gasteiger partial charge in [-0.05, 0) is 47.4 Å². The quantitative estimate of drug-likeness (QED) is 0.843. The van der Waals surface area contributed by atoms with Crippen molar-refractivity contribution in [2.45, 2.75) is 50.0 Å². The molecule has 2 heterocycles.